The quantitative estimate of drug-likeness (QED) is 0.0746. The molecule has 324 valence electrons. The van der Waals surface area contributed by atoms with Gasteiger partial charge in [0.25, 0.3) is 0 Å². The fraction of sp³-hybridized carbons (Fsp3) is 0.500. The zero-order valence-corrected chi connectivity index (χ0v) is 32.8. The molecule has 0 spiro atoms. The summed E-state index contributed by atoms with van der Waals surface area (Å²) in [6, 6.07) is 15.9. The number of rotatable bonds is 14. The largest absolute Gasteiger partial charge is 0.497 e. The first-order chi connectivity index (χ1) is 28.9. The highest BCUT2D eigenvalue weighted by Gasteiger charge is 2.77. The van der Waals surface area contributed by atoms with Gasteiger partial charge in [0.2, 0.25) is 6.29 Å². The highest BCUT2D eigenvalue weighted by atomic mass is 16.8. The van der Waals surface area contributed by atoms with Gasteiger partial charge in [0.05, 0.1) is 44.7 Å². The molecule has 16 atom stereocenters. The Hall–Kier alpha value is -4.73. The summed E-state index contributed by atoms with van der Waals surface area (Å²) in [6.45, 7) is 1.48. The monoisotopic (exact) mass is 840 g/mol. The van der Waals surface area contributed by atoms with Crippen LogP contribution in [0.4, 0.5) is 0 Å². The standard InChI is InChI=1S/C42H48O18/c1-21-34(56-28(46)16-12-24-9-13-25(51-3)14-10-24)36(57-29(47)15-11-23-7-5-4-6-8-23)37(54-22(2)45)41(53-21)58-35-26-17-18-52-39(30(26)42(20-44)38(35)60-42)59-40-33(50)32(49)31(48)27(19-43)55-40/h4-18,21,26-27,30-41,43-44,48-50H,19-20H2,1-3H3. The van der Waals surface area contributed by atoms with Crippen molar-refractivity contribution >= 4 is 30.1 Å². The number of carbonyl (C=O) groups is 3. The molecule has 18 nitrogen and oxygen atoms in total. The van der Waals surface area contributed by atoms with E-state index in [1.165, 1.54) is 37.7 Å². The van der Waals surface area contributed by atoms with Crippen molar-refractivity contribution in [2.75, 3.05) is 20.3 Å². The first-order valence-corrected chi connectivity index (χ1v) is 19.4. The number of aliphatic hydroxyl groups is 5. The van der Waals surface area contributed by atoms with Crippen LogP contribution >= 0.6 is 0 Å². The average Bonchev–Trinajstić information content (AvgIpc) is 3.92. The van der Waals surface area contributed by atoms with Crippen LogP contribution < -0.4 is 4.74 Å². The number of carbonyl (C=O) groups excluding carboxylic acids is 3. The summed E-state index contributed by atoms with van der Waals surface area (Å²) in [7, 11) is 1.53. The third kappa shape index (κ3) is 8.99. The topological polar surface area (TPSA) is 248 Å². The fourth-order valence-electron chi connectivity index (χ4n) is 8.12. The van der Waals surface area contributed by atoms with Gasteiger partial charge in [-0.3, -0.25) is 4.79 Å². The van der Waals surface area contributed by atoms with Gasteiger partial charge in [-0.25, -0.2) is 9.59 Å². The van der Waals surface area contributed by atoms with Gasteiger partial charge in [0.1, 0.15) is 41.9 Å². The Balaban J connectivity index is 1.14. The van der Waals surface area contributed by atoms with Gasteiger partial charge in [-0.1, -0.05) is 42.5 Å². The lowest BCUT2D eigenvalue weighted by Gasteiger charge is -2.45. The molecule has 0 amide bonds. The van der Waals surface area contributed by atoms with Crippen LogP contribution in [-0.4, -0.2) is 149 Å². The van der Waals surface area contributed by atoms with Crippen LogP contribution in [0.1, 0.15) is 25.0 Å². The molecule has 7 rings (SSSR count). The molecule has 4 heterocycles. The summed E-state index contributed by atoms with van der Waals surface area (Å²) in [6.07, 6.45) is -9.37. The van der Waals surface area contributed by atoms with Gasteiger partial charge in [0, 0.05) is 25.0 Å². The van der Waals surface area contributed by atoms with Crippen molar-refractivity contribution < 1.29 is 87.3 Å². The van der Waals surface area contributed by atoms with Gasteiger partial charge in [-0.15, -0.1) is 0 Å². The predicted octanol–water partition coefficient (Wildman–Crippen LogP) is 0.370. The molecule has 3 saturated heterocycles. The van der Waals surface area contributed by atoms with Gasteiger partial charge < -0.3 is 72.9 Å². The third-order valence-electron chi connectivity index (χ3n) is 11.2. The smallest absolute Gasteiger partial charge is 0.331 e. The summed E-state index contributed by atoms with van der Waals surface area (Å²) in [5.41, 5.74) is 0.0589. The van der Waals surface area contributed by atoms with E-state index in [1.807, 2.05) is 6.07 Å². The molecule has 18 heteroatoms. The highest BCUT2D eigenvalue weighted by Crippen LogP contribution is 2.61. The molecule has 2 aromatic rings. The van der Waals surface area contributed by atoms with E-state index in [1.54, 1.807) is 61.5 Å². The van der Waals surface area contributed by atoms with E-state index in [0.717, 1.165) is 6.92 Å². The van der Waals surface area contributed by atoms with Crippen LogP contribution in [0, 0.1) is 11.8 Å². The van der Waals surface area contributed by atoms with Crippen molar-refractivity contribution in [2.45, 2.75) is 99.4 Å². The van der Waals surface area contributed by atoms with E-state index < -0.39 is 128 Å². The van der Waals surface area contributed by atoms with Gasteiger partial charge >= 0.3 is 17.9 Å². The van der Waals surface area contributed by atoms with Crippen molar-refractivity contribution in [3.63, 3.8) is 0 Å². The van der Waals surface area contributed by atoms with Crippen LogP contribution in [0.15, 0.2) is 79.1 Å². The Labute approximate surface area is 344 Å². The van der Waals surface area contributed by atoms with Gasteiger partial charge in [0.15, 0.2) is 30.9 Å². The Morgan fingerprint density at radius 3 is 2.05 bits per heavy atom. The minimum Gasteiger partial charge on any atom is -0.497 e. The summed E-state index contributed by atoms with van der Waals surface area (Å²) in [5.74, 6) is -3.32. The SMILES string of the molecule is COc1ccc(C=CC(=O)OC2C(C)OC(OC3C4C=COC(OC5OC(CO)C(O)C(O)C5O)C4C4(CO)OC34)C(OC(C)=O)C2OC(=O)C=Cc2ccccc2)cc1. The number of epoxide rings is 1. The van der Waals surface area contributed by atoms with Gasteiger partial charge in [-0.05, 0) is 48.4 Å². The number of hydrogen-bond acceptors (Lipinski definition) is 18. The Morgan fingerprint density at radius 2 is 1.42 bits per heavy atom. The molecule has 1 saturated carbocycles. The number of ether oxygens (including phenoxy) is 10. The number of fused-ring (bicyclic) bond motifs is 3. The van der Waals surface area contributed by atoms with Crippen LogP contribution in [0.5, 0.6) is 5.75 Å². The van der Waals surface area contributed by atoms with E-state index in [4.69, 9.17) is 47.4 Å². The van der Waals surface area contributed by atoms with Crippen LogP contribution in [-0.2, 0) is 57.0 Å². The molecule has 1 aliphatic carbocycles. The molecule has 5 aliphatic rings. The average molecular weight is 841 g/mol. The van der Waals surface area contributed by atoms with E-state index in [-0.39, 0.29) is 0 Å². The minimum absolute atomic E-state index is 0.532. The zero-order valence-electron chi connectivity index (χ0n) is 32.8. The fourth-order valence-corrected chi connectivity index (χ4v) is 8.12. The predicted molar refractivity (Wildman–Crippen MR) is 203 cm³/mol. The van der Waals surface area contributed by atoms with Crippen molar-refractivity contribution in [3.8, 4) is 5.75 Å². The zero-order chi connectivity index (χ0) is 42.7. The summed E-state index contributed by atoms with van der Waals surface area (Å²) >= 11 is 0. The third-order valence-corrected chi connectivity index (χ3v) is 11.2. The Morgan fingerprint density at radius 1 is 0.750 bits per heavy atom. The molecule has 5 N–H and O–H groups in total. The first-order valence-electron chi connectivity index (χ1n) is 19.4. The Bertz CT molecular complexity index is 1900. The number of esters is 3. The molecule has 0 radical (unpaired) electrons. The highest BCUT2D eigenvalue weighted by molar-refractivity contribution is 5.88. The van der Waals surface area contributed by atoms with Crippen LogP contribution in [0.2, 0.25) is 0 Å². The number of hydrogen-bond donors (Lipinski definition) is 5. The van der Waals surface area contributed by atoms with Crippen molar-refractivity contribution in [1.82, 2.24) is 0 Å². The van der Waals surface area contributed by atoms with Gasteiger partial charge in [-0.2, -0.15) is 0 Å². The van der Waals surface area contributed by atoms with E-state index in [0.29, 0.717) is 16.9 Å². The second-order valence-electron chi connectivity index (χ2n) is 15.0. The lowest BCUT2D eigenvalue weighted by molar-refractivity contribution is -0.347. The molecule has 60 heavy (non-hydrogen) atoms. The Kier molecular flexibility index (Phi) is 13.4. The second-order valence-corrected chi connectivity index (χ2v) is 15.0. The molecule has 2 aromatic carbocycles. The van der Waals surface area contributed by atoms with E-state index in [2.05, 4.69) is 0 Å². The molecule has 0 aromatic heterocycles. The maximum absolute atomic E-state index is 13.4. The minimum atomic E-state index is -1.74. The van der Waals surface area contributed by atoms with Crippen molar-refractivity contribution in [2.24, 2.45) is 11.8 Å². The maximum atomic E-state index is 13.4. The van der Waals surface area contributed by atoms with Crippen LogP contribution in [0.3, 0.4) is 0 Å². The first kappa shape index (κ1) is 43.4. The summed E-state index contributed by atoms with van der Waals surface area (Å²) in [4.78, 5) is 39.4. The molecular weight excluding hydrogens is 792 g/mol. The molecule has 0 bridgehead atoms. The molecule has 4 fully saturated rings. The summed E-state index contributed by atoms with van der Waals surface area (Å²) < 4.78 is 58.9. The van der Waals surface area contributed by atoms with E-state index >= 15 is 0 Å². The number of aliphatic hydroxyl groups excluding tert-OH is 5. The van der Waals surface area contributed by atoms with Crippen molar-refractivity contribution in [3.05, 3.63) is 90.2 Å². The van der Waals surface area contributed by atoms with Crippen LogP contribution in [0.25, 0.3) is 12.2 Å². The maximum Gasteiger partial charge on any atom is 0.331 e. The number of methoxy groups -OCH3 is 1. The molecule has 4 aliphatic heterocycles. The normalized spacial score (nSPS) is 38.1. The lowest BCUT2D eigenvalue weighted by atomic mass is 9.85. The molecule has 16 unspecified atom stereocenters. The van der Waals surface area contributed by atoms with E-state index in [9.17, 15) is 39.9 Å². The second kappa shape index (κ2) is 18.5. The molecular formula is C42H48O18. The summed E-state index contributed by atoms with van der Waals surface area (Å²) in [5, 5.41) is 51.7. The number of benzene rings is 2. The lowest BCUT2D eigenvalue weighted by Crippen LogP contribution is -2.62. The van der Waals surface area contributed by atoms with Crippen molar-refractivity contribution in [1.29, 1.82) is 0 Å².